The maximum absolute atomic E-state index is 12.6. The van der Waals surface area contributed by atoms with Crippen LogP contribution in [0, 0.1) is 0 Å². The van der Waals surface area contributed by atoms with Gasteiger partial charge in [-0.1, -0.05) is 13.8 Å². The Balaban J connectivity index is 1.79. The van der Waals surface area contributed by atoms with Gasteiger partial charge in [-0.15, -0.1) is 11.3 Å². The van der Waals surface area contributed by atoms with E-state index < -0.39 is 5.54 Å². The average Bonchev–Trinajstić information content (AvgIpc) is 3.23. The van der Waals surface area contributed by atoms with Gasteiger partial charge in [0.1, 0.15) is 10.5 Å². The van der Waals surface area contributed by atoms with Crippen molar-refractivity contribution in [2.24, 2.45) is 0 Å². The van der Waals surface area contributed by atoms with Crippen LogP contribution >= 0.6 is 22.7 Å². The van der Waals surface area contributed by atoms with Crippen molar-refractivity contribution in [1.82, 2.24) is 15.2 Å². The number of thiophene rings is 1. The molecule has 0 bridgehead atoms. The maximum Gasteiger partial charge on any atom is 0.325 e. The van der Waals surface area contributed by atoms with Crippen molar-refractivity contribution in [3.8, 4) is 10.6 Å². The molecule has 22 heavy (non-hydrogen) atoms. The molecule has 3 heterocycles. The van der Waals surface area contributed by atoms with Gasteiger partial charge >= 0.3 is 6.03 Å². The SMILES string of the molecule is CCC1(CC)NC(=O)N(Cc2csc(-c3ccsc3)n2)C1=O. The van der Waals surface area contributed by atoms with Crippen molar-refractivity contribution in [2.45, 2.75) is 38.8 Å². The number of amides is 3. The van der Waals surface area contributed by atoms with E-state index in [-0.39, 0.29) is 18.5 Å². The minimum absolute atomic E-state index is 0.146. The van der Waals surface area contributed by atoms with Gasteiger partial charge in [0.05, 0.1) is 12.2 Å². The second kappa shape index (κ2) is 5.81. The van der Waals surface area contributed by atoms with E-state index in [1.807, 2.05) is 36.1 Å². The number of hydrogen-bond donors (Lipinski definition) is 1. The predicted molar refractivity (Wildman–Crippen MR) is 87.8 cm³/mol. The molecule has 0 saturated carbocycles. The number of nitrogens with zero attached hydrogens (tertiary/aromatic N) is 2. The zero-order valence-corrected chi connectivity index (χ0v) is 14.1. The number of rotatable bonds is 5. The van der Waals surface area contributed by atoms with E-state index in [4.69, 9.17) is 0 Å². The lowest BCUT2D eigenvalue weighted by atomic mass is 9.93. The number of carbonyl (C=O) groups excluding carboxylic acids is 2. The molecule has 1 N–H and O–H groups in total. The van der Waals surface area contributed by atoms with Crippen LogP contribution in [0.4, 0.5) is 4.79 Å². The molecule has 1 aliphatic heterocycles. The first-order valence-electron chi connectivity index (χ1n) is 7.20. The van der Waals surface area contributed by atoms with E-state index in [1.165, 1.54) is 16.2 Å². The molecule has 5 nitrogen and oxygen atoms in total. The quantitative estimate of drug-likeness (QED) is 0.851. The van der Waals surface area contributed by atoms with Gasteiger partial charge in [0.15, 0.2) is 0 Å². The fraction of sp³-hybridized carbons (Fsp3) is 0.400. The van der Waals surface area contributed by atoms with Crippen LogP contribution in [0.15, 0.2) is 22.2 Å². The Kier molecular flexibility index (Phi) is 4.01. The number of hydrogen-bond acceptors (Lipinski definition) is 5. The fourth-order valence-corrected chi connectivity index (χ4v) is 4.13. The Morgan fingerprint density at radius 3 is 2.64 bits per heavy atom. The van der Waals surface area contributed by atoms with Crippen LogP contribution in [-0.4, -0.2) is 27.4 Å². The van der Waals surface area contributed by atoms with Gasteiger partial charge in [-0.05, 0) is 24.3 Å². The van der Waals surface area contributed by atoms with Gasteiger partial charge in [-0.25, -0.2) is 9.78 Å². The zero-order chi connectivity index (χ0) is 15.7. The standard InChI is InChI=1S/C15H17N3O2S2/c1-3-15(4-2)13(19)18(14(20)17-15)7-11-9-22-12(16-11)10-5-6-21-8-10/h5-6,8-9H,3-4,7H2,1-2H3,(H,17,20). The Hall–Kier alpha value is -1.73. The first kappa shape index (κ1) is 15.2. The van der Waals surface area contributed by atoms with Crippen LogP contribution in [0.5, 0.6) is 0 Å². The normalized spacial score (nSPS) is 17.1. The van der Waals surface area contributed by atoms with Crippen molar-refractivity contribution in [2.75, 3.05) is 0 Å². The van der Waals surface area contributed by atoms with Crippen molar-refractivity contribution in [3.63, 3.8) is 0 Å². The largest absolute Gasteiger partial charge is 0.325 e. The molecule has 0 aliphatic carbocycles. The minimum Gasteiger partial charge on any atom is -0.323 e. The third-order valence-corrected chi connectivity index (χ3v) is 5.72. The predicted octanol–water partition coefficient (Wildman–Crippen LogP) is 3.48. The third-order valence-electron chi connectivity index (χ3n) is 4.09. The second-order valence-electron chi connectivity index (χ2n) is 5.27. The smallest absolute Gasteiger partial charge is 0.323 e. The summed E-state index contributed by atoms with van der Waals surface area (Å²) in [5.41, 5.74) is 1.08. The number of thiazole rings is 1. The van der Waals surface area contributed by atoms with Crippen LogP contribution in [0.3, 0.4) is 0 Å². The van der Waals surface area contributed by atoms with Crippen molar-refractivity contribution in [1.29, 1.82) is 0 Å². The molecular weight excluding hydrogens is 318 g/mol. The summed E-state index contributed by atoms with van der Waals surface area (Å²) in [6, 6.07) is 1.69. The molecule has 0 atom stereocenters. The molecule has 0 radical (unpaired) electrons. The lowest BCUT2D eigenvalue weighted by Gasteiger charge is -2.22. The van der Waals surface area contributed by atoms with Gasteiger partial charge in [0.25, 0.3) is 5.91 Å². The zero-order valence-electron chi connectivity index (χ0n) is 12.5. The summed E-state index contributed by atoms with van der Waals surface area (Å²) in [4.78, 5) is 30.5. The van der Waals surface area contributed by atoms with Gasteiger partial charge < -0.3 is 5.32 Å². The first-order valence-corrected chi connectivity index (χ1v) is 9.03. The van der Waals surface area contributed by atoms with Gasteiger partial charge in [0, 0.05) is 16.3 Å². The number of imide groups is 1. The van der Waals surface area contributed by atoms with E-state index in [9.17, 15) is 9.59 Å². The monoisotopic (exact) mass is 335 g/mol. The molecule has 2 aromatic heterocycles. The summed E-state index contributed by atoms with van der Waals surface area (Å²) >= 11 is 3.15. The Bertz CT molecular complexity index is 689. The van der Waals surface area contributed by atoms with Crippen molar-refractivity contribution >= 4 is 34.6 Å². The van der Waals surface area contributed by atoms with Crippen LogP contribution in [0.2, 0.25) is 0 Å². The molecule has 7 heteroatoms. The lowest BCUT2D eigenvalue weighted by molar-refractivity contribution is -0.132. The van der Waals surface area contributed by atoms with Crippen molar-refractivity contribution in [3.05, 3.63) is 27.9 Å². The molecule has 2 aromatic rings. The highest BCUT2D eigenvalue weighted by molar-refractivity contribution is 7.14. The second-order valence-corrected chi connectivity index (χ2v) is 6.90. The maximum atomic E-state index is 12.6. The number of aromatic nitrogens is 1. The molecule has 0 unspecified atom stereocenters. The minimum atomic E-state index is -0.747. The third kappa shape index (κ3) is 2.44. The summed E-state index contributed by atoms with van der Waals surface area (Å²) in [6.07, 6.45) is 1.20. The van der Waals surface area contributed by atoms with E-state index in [0.717, 1.165) is 16.3 Å². The molecule has 0 aromatic carbocycles. The van der Waals surface area contributed by atoms with Crippen LogP contribution in [-0.2, 0) is 11.3 Å². The highest BCUT2D eigenvalue weighted by Gasteiger charge is 2.48. The summed E-state index contributed by atoms with van der Waals surface area (Å²) in [5.74, 6) is -0.146. The Morgan fingerprint density at radius 2 is 2.05 bits per heavy atom. The Labute approximate surface area is 137 Å². The van der Waals surface area contributed by atoms with E-state index in [1.54, 1.807) is 11.3 Å². The van der Waals surface area contributed by atoms with Crippen LogP contribution in [0.1, 0.15) is 32.4 Å². The molecule has 116 valence electrons. The average molecular weight is 335 g/mol. The van der Waals surface area contributed by atoms with Gasteiger partial charge in [0.2, 0.25) is 0 Å². The lowest BCUT2D eigenvalue weighted by Crippen LogP contribution is -2.45. The van der Waals surface area contributed by atoms with Crippen molar-refractivity contribution < 1.29 is 9.59 Å². The number of carbonyl (C=O) groups is 2. The first-order chi connectivity index (χ1) is 10.6. The molecule has 1 aliphatic rings. The van der Waals surface area contributed by atoms with Crippen LogP contribution in [0.25, 0.3) is 10.6 Å². The molecular formula is C15H17N3O2S2. The molecule has 3 amide bonds. The number of urea groups is 1. The molecule has 1 saturated heterocycles. The fourth-order valence-electron chi connectivity index (χ4n) is 2.61. The topological polar surface area (TPSA) is 62.3 Å². The van der Waals surface area contributed by atoms with Crippen LogP contribution < -0.4 is 5.32 Å². The van der Waals surface area contributed by atoms with E-state index in [0.29, 0.717) is 12.8 Å². The number of nitrogens with one attached hydrogen (secondary N) is 1. The highest BCUT2D eigenvalue weighted by atomic mass is 32.1. The van der Waals surface area contributed by atoms with E-state index in [2.05, 4.69) is 10.3 Å². The molecule has 0 spiro atoms. The summed E-state index contributed by atoms with van der Waals surface area (Å²) < 4.78 is 0. The molecule has 3 rings (SSSR count). The summed E-state index contributed by atoms with van der Waals surface area (Å²) in [6.45, 7) is 4.07. The summed E-state index contributed by atoms with van der Waals surface area (Å²) in [5, 5.41) is 9.70. The Morgan fingerprint density at radius 1 is 1.27 bits per heavy atom. The highest BCUT2D eigenvalue weighted by Crippen LogP contribution is 2.29. The van der Waals surface area contributed by atoms with Gasteiger partial charge in [-0.3, -0.25) is 9.69 Å². The van der Waals surface area contributed by atoms with E-state index >= 15 is 0 Å². The summed E-state index contributed by atoms with van der Waals surface area (Å²) in [7, 11) is 0. The molecule has 1 fully saturated rings. The van der Waals surface area contributed by atoms with Gasteiger partial charge in [-0.2, -0.15) is 11.3 Å².